The Kier molecular flexibility index (Phi) is 5.31. The summed E-state index contributed by atoms with van der Waals surface area (Å²) < 4.78 is 7.12. The van der Waals surface area contributed by atoms with Crippen LogP contribution in [0.15, 0.2) is 51.7 Å². The molecule has 1 aromatic carbocycles. The monoisotopic (exact) mass is 469 g/mol. The van der Waals surface area contributed by atoms with Crippen molar-refractivity contribution in [2.75, 3.05) is 6.54 Å². The maximum absolute atomic E-state index is 12.9. The van der Waals surface area contributed by atoms with Crippen molar-refractivity contribution < 1.29 is 9.32 Å². The summed E-state index contributed by atoms with van der Waals surface area (Å²) in [6.45, 7) is 2.15. The lowest BCUT2D eigenvalue weighted by Crippen LogP contribution is -2.26. The van der Waals surface area contributed by atoms with E-state index < -0.39 is 0 Å². The zero-order chi connectivity index (χ0) is 21.4. The minimum absolute atomic E-state index is 0.252. The highest BCUT2D eigenvalue weighted by Gasteiger charge is 2.23. The number of aryl methyl sites for hydroxylation is 1. The van der Waals surface area contributed by atoms with Gasteiger partial charge in [0.15, 0.2) is 5.82 Å². The molecule has 5 aromatic rings. The number of thiazole rings is 1. The molecule has 1 amide bonds. The highest BCUT2D eigenvalue weighted by Crippen LogP contribution is 2.31. The summed E-state index contributed by atoms with van der Waals surface area (Å²) in [7, 11) is 0. The fourth-order valence-corrected chi connectivity index (χ4v) is 5.01. The van der Waals surface area contributed by atoms with Gasteiger partial charge in [0.25, 0.3) is 5.91 Å². The van der Waals surface area contributed by atoms with Gasteiger partial charge in [-0.25, -0.2) is 4.52 Å². The molecule has 0 bridgehead atoms. The fraction of sp³-hybridized carbons (Fsp3) is 0.143. The fourth-order valence-electron chi connectivity index (χ4n) is 3.28. The number of thiophene rings is 1. The van der Waals surface area contributed by atoms with E-state index in [1.807, 2.05) is 45.6 Å². The summed E-state index contributed by atoms with van der Waals surface area (Å²) in [5.41, 5.74) is 2.48. The largest absolute Gasteiger partial charge is 0.360 e. The number of carbonyl (C=O) groups is 1. The van der Waals surface area contributed by atoms with Crippen LogP contribution < -0.4 is 5.32 Å². The van der Waals surface area contributed by atoms with Gasteiger partial charge in [-0.1, -0.05) is 41.0 Å². The number of hydrogen-bond acceptors (Lipinski definition) is 7. The summed E-state index contributed by atoms with van der Waals surface area (Å²) in [6, 6.07) is 11.2. The van der Waals surface area contributed by atoms with E-state index in [2.05, 4.69) is 20.6 Å². The van der Waals surface area contributed by atoms with Crippen LogP contribution >= 0.6 is 34.3 Å². The molecule has 0 saturated carbocycles. The van der Waals surface area contributed by atoms with Gasteiger partial charge in [0.2, 0.25) is 4.96 Å². The number of aromatic nitrogens is 4. The van der Waals surface area contributed by atoms with E-state index in [4.69, 9.17) is 16.1 Å². The van der Waals surface area contributed by atoms with Crippen LogP contribution in [0.5, 0.6) is 0 Å². The summed E-state index contributed by atoms with van der Waals surface area (Å²) in [4.78, 5) is 19.4. The number of amides is 1. The van der Waals surface area contributed by atoms with Crippen LogP contribution in [0.3, 0.4) is 0 Å². The third kappa shape index (κ3) is 3.76. The average Bonchev–Trinajstić information content (AvgIpc) is 3.53. The van der Waals surface area contributed by atoms with Crippen LogP contribution in [0.25, 0.3) is 26.9 Å². The van der Waals surface area contributed by atoms with E-state index in [-0.39, 0.29) is 5.91 Å². The van der Waals surface area contributed by atoms with E-state index in [0.717, 1.165) is 21.4 Å². The molecule has 4 aromatic heterocycles. The molecular weight excluding hydrogens is 454 g/mol. The van der Waals surface area contributed by atoms with Crippen LogP contribution in [0.2, 0.25) is 5.02 Å². The van der Waals surface area contributed by atoms with Crippen molar-refractivity contribution in [1.29, 1.82) is 0 Å². The predicted octanol–water partition coefficient (Wildman–Crippen LogP) is 5.11. The second-order valence-electron chi connectivity index (χ2n) is 6.78. The van der Waals surface area contributed by atoms with E-state index in [0.29, 0.717) is 40.6 Å². The maximum atomic E-state index is 12.9. The zero-order valence-electron chi connectivity index (χ0n) is 16.3. The van der Waals surface area contributed by atoms with Crippen LogP contribution in [0.1, 0.15) is 21.8 Å². The maximum Gasteiger partial charge on any atom is 0.257 e. The van der Waals surface area contributed by atoms with Crippen LogP contribution in [0, 0.1) is 6.92 Å². The molecule has 156 valence electrons. The highest BCUT2D eigenvalue weighted by molar-refractivity contribution is 7.15. The van der Waals surface area contributed by atoms with Crippen molar-refractivity contribution >= 4 is 45.1 Å². The van der Waals surface area contributed by atoms with Crippen LogP contribution in [-0.4, -0.2) is 32.2 Å². The van der Waals surface area contributed by atoms with Gasteiger partial charge in [0.05, 0.1) is 15.6 Å². The Morgan fingerprint density at radius 2 is 2.10 bits per heavy atom. The van der Waals surface area contributed by atoms with Crippen molar-refractivity contribution in [1.82, 2.24) is 25.1 Å². The third-order valence-corrected chi connectivity index (χ3v) is 6.84. The minimum Gasteiger partial charge on any atom is -0.360 e. The van der Waals surface area contributed by atoms with Crippen LogP contribution in [-0.2, 0) is 6.42 Å². The molecule has 0 aliphatic carbocycles. The second kappa shape index (κ2) is 8.26. The summed E-state index contributed by atoms with van der Waals surface area (Å²) in [6.07, 6.45) is 0.616. The number of halogens is 1. The van der Waals surface area contributed by atoms with Gasteiger partial charge >= 0.3 is 0 Å². The Morgan fingerprint density at radius 1 is 1.23 bits per heavy atom. The Balaban J connectivity index is 1.31. The van der Waals surface area contributed by atoms with E-state index in [1.54, 1.807) is 24.3 Å². The average molecular weight is 470 g/mol. The van der Waals surface area contributed by atoms with Gasteiger partial charge in [-0.15, -0.1) is 27.8 Å². The van der Waals surface area contributed by atoms with Gasteiger partial charge < -0.3 is 9.84 Å². The van der Waals surface area contributed by atoms with Crippen molar-refractivity contribution in [3.8, 4) is 22.0 Å². The van der Waals surface area contributed by atoms with Crippen molar-refractivity contribution in [2.45, 2.75) is 13.3 Å². The van der Waals surface area contributed by atoms with Gasteiger partial charge in [-0.2, -0.15) is 4.98 Å². The molecule has 0 radical (unpaired) electrons. The topological polar surface area (TPSA) is 85.3 Å². The molecule has 0 spiro atoms. The van der Waals surface area contributed by atoms with Gasteiger partial charge in [0, 0.05) is 23.9 Å². The van der Waals surface area contributed by atoms with E-state index in [9.17, 15) is 4.79 Å². The number of fused-ring (bicyclic) bond motifs is 1. The lowest BCUT2D eigenvalue weighted by Gasteiger charge is -2.06. The van der Waals surface area contributed by atoms with Crippen LogP contribution in [0.4, 0.5) is 0 Å². The Labute approximate surface area is 190 Å². The normalized spacial score (nSPS) is 11.3. The van der Waals surface area contributed by atoms with E-state index >= 15 is 0 Å². The first-order valence-corrected chi connectivity index (χ1v) is 11.6. The SMILES string of the molecule is Cc1onc(-c2ccccc2Cl)c1C(=O)NCCc1csc2nc(-c3cccs3)nn12. The lowest BCUT2D eigenvalue weighted by molar-refractivity contribution is 0.0953. The first kappa shape index (κ1) is 19.9. The summed E-state index contributed by atoms with van der Waals surface area (Å²) in [5, 5.41) is 16.2. The first-order chi connectivity index (χ1) is 15.1. The third-order valence-electron chi connectivity index (χ3n) is 4.78. The molecule has 4 heterocycles. The molecular formula is C21H16ClN5O2S2. The quantitative estimate of drug-likeness (QED) is 0.373. The first-order valence-electron chi connectivity index (χ1n) is 9.48. The number of hydrogen-bond donors (Lipinski definition) is 1. The van der Waals surface area contributed by atoms with Gasteiger partial charge in [-0.05, 0) is 24.4 Å². The molecule has 0 fully saturated rings. The molecule has 0 aliphatic rings. The van der Waals surface area contributed by atoms with Crippen molar-refractivity contribution in [3.05, 3.63) is 69.2 Å². The molecule has 0 aliphatic heterocycles. The standard InChI is InChI=1S/C21H16ClN5O2S2/c1-12-17(18(26-29-12)14-5-2-3-6-15(14)22)20(28)23-9-8-13-11-31-21-24-19(25-27(13)21)16-7-4-10-30-16/h2-7,10-11H,8-9H2,1H3,(H,23,28). The molecule has 0 saturated heterocycles. The Morgan fingerprint density at radius 3 is 2.90 bits per heavy atom. The molecule has 5 rings (SSSR count). The number of rotatable bonds is 6. The summed E-state index contributed by atoms with van der Waals surface area (Å²) in [5.74, 6) is 0.914. The Hall–Kier alpha value is -3.01. The highest BCUT2D eigenvalue weighted by atomic mass is 35.5. The van der Waals surface area contributed by atoms with Crippen molar-refractivity contribution in [3.63, 3.8) is 0 Å². The van der Waals surface area contributed by atoms with Gasteiger partial charge in [0.1, 0.15) is 17.0 Å². The second-order valence-corrected chi connectivity index (χ2v) is 8.97. The molecule has 10 heteroatoms. The molecule has 31 heavy (non-hydrogen) atoms. The molecule has 7 nitrogen and oxygen atoms in total. The van der Waals surface area contributed by atoms with E-state index in [1.165, 1.54) is 11.3 Å². The van der Waals surface area contributed by atoms with Gasteiger partial charge in [-0.3, -0.25) is 4.79 Å². The predicted molar refractivity (Wildman–Crippen MR) is 122 cm³/mol. The lowest BCUT2D eigenvalue weighted by atomic mass is 10.1. The Bertz CT molecular complexity index is 1370. The molecule has 0 atom stereocenters. The number of carbonyl (C=O) groups excluding carboxylic acids is 1. The zero-order valence-corrected chi connectivity index (χ0v) is 18.7. The number of nitrogens with zero attached hydrogens (tertiary/aromatic N) is 4. The smallest absolute Gasteiger partial charge is 0.257 e. The van der Waals surface area contributed by atoms with Crippen molar-refractivity contribution in [2.24, 2.45) is 0 Å². The molecule has 1 N–H and O–H groups in total. The molecule has 0 unspecified atom stereocenters. The number of nitrogens with one attached hydrogen (secondary N) is 1. The summed E-state index contributed by atoms with van der Waals surface area (Å²) >= 11 is 9.43. The number of benzene rings is 1. The minimum atomic E-state index is -0.252.